The van der Waals surface area contributed by atoms with E-state index in [9.17, 15) is 0 Å². The molecule has 144 valence electrons. The highest BCUT2D eigenvalue weighted by atomic mass is 35.5. The Kier molecular flexibility index (Phi) is 6.41. The Balaban J connectivity index is 0.00000225. The Hall–Kier alpha value is -3.16. The molecule has 0 unspecified atom stereocenters. The van der Waals surface area contributed by atoms with Gasteiger partial charge in [0.25, 0.3) is 0 Å². The third kappa shape index (κ3) is 4.39. The van der Waals surface area contributed by atoms with Gasteiger partial charge in [-0.05, 0) is 49.2 Å². The number of halogens is 1. The van der Waals surface area contributed by atoms with E-state index >= 15 is 0 Å². The summed E-state index contributed by atoms with van der Waals surface area (Å²) in [6.07, 6.45) is 3.48. The summed E-state index contributed by atoms with van der Waals surface area (Å²) >= 11 is 0. The van der Waals surface area contributed by atoms with Gasteiger partial charge in [-0.15, -0.1) is 12.4 Å². The Labute approximate surface area is 169 Å². The van der Waals surface area contributed by atoms with Crippen molar-refractivity contribution in [3.63, 3.8) is 0 Å². The van der Waals surface area contributed by atoms with Crippen LogP contribution in [0.15, 0.2) is 60.9 Å². The number of anilines is 4. The number of nitrogens with one attached hydrogen (secondary N) is 3. The monoisotopic (exact) mass is 395 g/mol. The molecule has 2 heterocycles. The van der Waals surface area contributed by atoms with Gasteiger partial charge in [-0.25, -0.2) is 9.97 Å². The lowest BCUT2D eigenvalue weighted by Crippen LogP contribution is -2.00. The molecule has 0 bridgehead atoms. The van der Waals surface area contributed by atoms with Gasteiger partial charge in [0.2, 0.25) is 0 Å². The number of para-hydroxylation sites is 1. The van der Waals surface area contributed by atoms with Crippen molar-refractivity contribution in [1.29, 1.82) is 0 Å². The molecule has 0 saturated heterocycles. The summed E-state index contributed by atoms with van der Waals surface area (Å²) in [7, 11) is 0. The zero-order chi connectivity index (χ0) is 18.5. The number of hydrogen-bond donors (Lipinski definition) is 4. The fourth-order valence-electron chi connectivity index (χ4n) is 2.90. The predicted octanol–water partition coefficient (Wildman–Crippen LogP) is 4.15. The van der Waals surface area contributed by atoms with E-state index in [1.165, 1.54) is 11.9 Å². The lowest BCUT2D eigenvalue weighted by atomic mass is 10.1. The number of benzene rings is 2. The fourth-order valence-corrected chi connectivity index (χ4v) is 2.90. The molecule has 0 saturated carbocycles. The Bertz CT molecular complexity index is 1020. The van der Waals surface area contributed by atoms with Gasteiger partial charge in [-0.3, -0.25) is 5.10 Å². The van der Waals surface area contributed by atoms with E-state index in [2.05, 4.69) is 42.9 Å². The average molecular weight is 396 g/mol. The van der Waals surface area contributed by atoms with Gasteiger partial charge in [-0.2, -0.15) is 5.10 Å². The first-order chi connectivity index (χ1) is 13.3. The molecule has 0 spiro atoms. The Morgan fingerprint density at radius 2 is 1.64 bits per heavy atom. The topological polar surface area (TPSA) is 105 Å². The van der Waals surface area contributed by atoms with Crippen molar-refractivity contribution in [2.75, 3.05) is 17.2 Å². The van der Waals surface area contributed by atoms with E-state index in [1.807, 2.05) is 42.5 Å². The highest BCUT2D eigenvalue weighted by molar-refractivity contribution is 5.98. The van der Waals surface area contributed by atoms with Crippen LogP contribution in [0.1, 0.15) is 12.0 Å². The molecule has 4 aromatic rings. The minimum atomic E-state index is 0. The molecule has 0 fully saturated rings. The van der Waals surface area contributed by atoms with Gasteiger partial charge in [0.1, 0.15) is 23.3 Å². The van der Waals surface area contributed by atoms with Crippen LogP contribution in [0.25, 0.3) is 11.0 Å². The predicted molar refractivity (Wildman–Crippen MR) is 116 cm³/mol. The smallest absolute Gasteiger partial charge is 0.188 e. The molecule has 2 aromatic heterocycles. The summed E-state index contributed by atoms with van der Waals surface area (Å²) in [4.78, 5) is 8.66. The van der Waals surface area contributed by atoms with Gasteiger partial charge in [0.05, 0.1) is 0 Å². The molecule has 8 heteroatoms. The first kappa shape index (κ1) is 19.6. The first-order valence-corrected chi connectivity index (χ1v) is 8.90. The van der Waals surface area contributed by atoms with Crippen molar-refractivity contribution in [2.45, 2.75) is 12.8 Å². The molecule has 4 rings (SSSR count). The molecular weight excluding hydrogens is 374 g/mol. The van der Waals surface area contributed by atoms with Gasteiger partial charge in [-0.1, -0.05) is 30.3 Å². The van der Waals surface area contributed by atoms with Gasteiger partial charge in [0.15, 0.2) is 5.65 Å². The van der Waals surface area contributed by atoms with Crippen LogP contribution in [0.3, 0.4) is 0 Å². The van der Waals surface area contributed by atoms with Crippen molar-refractivity contribution in [2.24, 2.45) is 5.73 Å². The van der Waals surface area contributed by atoms with Crippen molar-refractivity contribution >= 4 is 46.5 Å². The maximum Gasteiger partial charge on any atom is 0.188 e. The molecule has 28 heavy (non-hydrogen) atoms. The fraction of sp³-hybridized carbons (Fsp3) is 0.150. The van der Waals surface area contributed by atoms with E-state index in [-0.39, 0.29) is 12.4 Å². The van der Waals surface area contributed by atoms with Crippen molar-refractivity contribution < 1.29 is 0 Å². The van der Waals surface area contributed by atoms with Gasteiger partial charge in [0, 0.05) is 11.4 Å². The molecule has 5 N–H and O–H groups in total. The molecule has 0 atom stereocenters. The van der Waals surface area contributed by atoms with Crippen molar-refractivity contribution in [3.05, 3.63) is 66.5 Å². The van der Waals surface area contributed by atoms with Crippen molar-refractivity contribution in [1.82, 2.24) is 20.2 Å². The number of hydrogen-bond acceptors (Lipinski definition) is 6. The summed E-state index contributed by atoms with van der Waals surface area (Å²) in [6.45, 7) is 0.705. The molecule has 0 aliphatic rings. The van der Waals surface area contributed by atoms with E-state index < -0.39 is 0 Å². The number of aromatic amines is 1. The van der Waals surface area contributed by atoms with E-state index in [4.69, 9.17) is 5.73 Å². The molecule has 2 aromatic carbocycles. The first-order valence-electron chi connectivity index (χ1n) is 8.90. The molecule has 0 aliphatic carbocycles. The number of aryl methyl sites for hydroxylation is 1. The number of rotatable bonds is 7. The molecule has 0 radical (unpaired) electrons. The Morgan fingerprint density at radius 1 is 0.893 bits per heavy atom. The third-order valence-corrected chi connectivity index (χ3v) is 4.28. The van der Waals surface area contributed by atoms with Crippen LogP contribution in [0.4, 0.5) is 23.0 Å². The Morgan fingerprint density at radius 3 is 2.39 bits per heavy atom. The molecule has 0 aliphatic heterocycles. The van der Waals surface area contributed by atoms with Crippen LogP contribution in [0, 0.1) is 0 Å². The summed E-state index contributed by atoms with van der Waals surface area (Å²) < 4.78 is 0. The van der Waals surface area contributed by atoms with Crippen LogP contribution >= 0.6 is 12.4 Å². The maximum absolute atomic E-state index is 5.58. The second-order valence-corrected chi connectivity index (χ2v) is 6.22. The minimum absolute atomic E-state index is 0. The van der Waals surface area contributed by atoms with E-state index in [0.717, 1.165) is 35.4 Å². The van der Waals surface area contributed by atoms with Crippen molar-refractivity contribution in [3.8, 4) is 0 Å². The van der Waals surface area contributed by atoms with Crippen LogP contribution < -0.4 is 16.4 Å². The zero-order valence-corrected chi connectivity index (χ0v) is 16.0. The normalized spacial score (nSPS) is 10.5. The standard InChI is InChI=1S/C20H21N7.ClH/c21-12-4-5-14-8-10-16(11-9-14)24-18-17-19(23-13-22-18)26-27-20(17)25-15-6-2-1-3-7-15;/h1-3,6-11,13H,4-5,12,21H2,(H3,22,23,24,25,26,27);1H. The molecule has 0 amide bonds. The van der Waals surface area contributed by atoms with E-state index in [1.54, 1.807) is 0 Å². The van der Waals surface area contributed by atoms with Crippen LogP contribution in [0.2, 0.25) is 0 Å². The number of fused-ring (bicyclic) bond motifs is 1. The minimum Gasteiger partial charge on any atom is -0.340 e. The van der Waals surface area contributed by atoms with Crippen LogP contribution in [0.5, 0.6) is 0 Å². The largest absolute Gasteiger partial charge is 0.340 e. The molecular formula is C20H22ClN7. The average Bonchev–Trinajstić information content (AvgIpc) is 3.12. The third-order valence-electron chi connectivity index (χ3n) is 4.28. The van der Waals surface area contributed by atoms with Gasteiger partial charge >= 0.3 is 0 Å². The second-order valence-electron chi connectivity index (χ2n) is 6.22. The maximum atomic E-state index is 5.58. The summed E-state index contributed by atoms with van der Waals surface area (Å²) in [6, 6.07) is 18.2. The summed E-state index contributed by atoms with van der Waals surface area (Å²) in [5, 5.41) is 14.8. The van der Waals surface area contributed by atoms with Crippen LogP contribution in [-0.2, 0) is 6.42 Å². The highest BCUT2D eigenvalue weighted by Crippen LogP contribution is 2.29. The lowest BCUT2D eigenvalue weighted by molar-refractivity contribution is 0.833. The van der Waals surface area contributed by atoms with Gasteiger partial charge < -0.3 is 16.4 Å². The summed E-state index contributed by atoms with van der Waals surface area (Å²) in [5.41, 5.74) is 9.37. The zero-order valence-electron chi connectivity index (χ0n) is 15.2. The number of H-pyrrole nitrogens is 1. The number of nitrogens with zero attached hydrogens (tertiary/aromatic N) is 3. The van der Waals surface area contributed by atoms with E-state index in [0.29, 0.717) is 18.0 Å². The highest BCUT2D eigenvalue weighted by Gasteiger charge is 2.13. The number of nitrogens with two attached hydrogens (primary N) is 1. The van der Waals surface area contributed by atoms with Crippen LogP contribution in [-0.4, -0.2) is 26.7 Å². The number of aromatic nitrogens is 4. The SMILES string of the molecule is Cl.NCCCc1ccc(Nc2ncnc3n[nH]c(Nc4ccccc4)c23)cc1. The quantitative estimate of drug-likeness (QED) is 0.374. The second kappa shape index (κ2) is 9.16. The summed E-state index contributed by atoms with van der Waals surface area (Å²) in [5.74, 6) is 1.45. The molecule has 7 nitrogen and oxygen atoms in total. The lowest BCUT2D eigenvalue weighted by Gasteiger charge is -2.09.